The number of hydrogen-bond donors (Lipinski definition) is 1. The standard InChI is InChI=1S/C19H28BrN3O3/c1-18(2,3)26-17(25)22-11-9-19(4,10-12-22)23(13-21-14-24)16-7-5-15(20)6-8-16/h5-8,14H,9-13H2,1-4H3,(H,21,24). The molecule has 1 aliphatic heterocycles. The van der Waals surface area contributed by atoms with Crippen LogP contribution in [0.4, 0.5) is 10.5 Å². The van der Waals surface area contributed by atoms with Crippen molar-refractivity contribution in [3.8, 4) is 0 Å². The average molecular weight is 426 g/mol. The lowest BCUT2D eigenvalue weighted by atomic mass is 9.87. The number of halogens is 1. The number of likely N-dealkylation sites (tertiary alicyclic amines) is 1. The third kappa shape index (κ3) is 5.37. The fraction of sp³-hybridized carbons (Fsp3) is 0.579. The van der Waals surface area contributed by atoms with Crippen LogP contribution in [0.2, 0.25) is 0 Å². The fourth-order valence-electron chi connectivity index (χ4n) is 3.11. The van der Waals surface area contributed by atoms with Gasteiger partial charge in [-0.2, -0.15) is 0 Å². The molecule has 1 aliphatic rings. The van der Waals surface area contributed by atoms with Crippen molar-refractivity contribution in [2.75, 3.05) is 24.7 Å². The van der Waals surface area contributed by atoms with Gasteiger partial charge in [0.05, 0.1) is 6.67 Å². The summed E-state index contributed by atoms with van der Waals surface area (Å²) in [6.07, 6.45) is 2.04. The average Bonchev–Trinajstić information content (AvgIpc) is 2.55. The smallest absolute Gasteiger partial charge is 0.410 e. The van der Waals surface area contributed by atoms with E-state index in [1.165, 1.54) is 0 Å². The Balaban J connectivity index is 2.10. The Morgan fingerprint density at radius 3 is 2.38 bits per heavy atom. The van der Waals surface area contributed by atoms with E-state index in [9.17, 15) is 9.59 Å². The number of ether oxygens (including phenoxy) is 1. The maximum absolute atomic E-state index is 12.3. The molecule has 0 radical (unpaired) electrons. The summed E-state index contributed by atoms with van der Waals surface area (Å²) in [5.41, 5.74) is 0.383. The highest BCUT2D eigenvalue weighted by molar-refractivity contribution is 9.10. The summed E-state index contributed by atoms with van der Waals surface area (Å²) in [6.45, 7) is 9.47. The Bertz CT molecular complexity index is 620. The zero-order chi connectivity index (χ0) is 19.4. The van der Waals surface area contributed by atoms with Gasteiger partial charge in [0, 0.05) is 28.8 Å². The molecule has 1 aromatic rings. The van der Waals surface area contributed by atoms with Crippen LogP contribution in [0.3, 0.4) is 0 Å². The van der Waals surface area contributed by atoms with Crippen molar-refractivity contribution < 1.29 is 14.3 Å². The van der Waals surface area contributed by atoms with Crippen LogP contribution in [0, 0.1) is 0 Å². The molecule has 7 heteroatoms. The second-order valence-corrected chi connectivity index (χ2v) is 8.76. The van der Waals surface area contributed by atoms with Gasteiger partial charge >= 0.3 is 6.09 Å². The maximum Gasteiger partial charge on any atom is 0.410 e. The van der Waals surface area contributed by atoms with Gasteiger partial charge in [0.1, 0.15) is 5.60 Å². The first kappa shape index (κ1) is 20.6. The molecular weight excluding hydrogens is 398 g/mol. The second-order valence-electron chi connectivity index (χ2n) is 7.85. The molecule has 1 saturated heterocycles. The Labute approximate surface area is 164 Å². The summed E-state index contributed by atoms with van der Waals surface area (Å²) in [5.74, 6) is 0. The molecule has 0 saturated carbocycles. The number of carbonyl (C=O) groups excluding carboxylic acids is 2. The van der Waals surface area contributed by atoms with E-state index in [0.29, 0.717) is 26.2 Å². The number of nitrogens with zero attached hydrogens (tertiary/aromatic N) is 2. The molecule has 0 aliphatic carbocycles. The van der Waals surface area contributed by atoms with Gasteiger partial charge in [-0.15, -0.1) is 0 Å². The SMILES string of the molecule is CC(C)(C)OC(=O)N1CCC(C)(N(CNC=O)c2ccc(Br)cc2)CC1. The third-order valence-electron chi connectivity index (χ3n) is 4.61. The van der Waals surface area contributed by atoms with Crippen molar-refractivity contribution in [2.24, 2.45) is 0 Å². The van der Waals surface area contributed by atoms with E-state index in [2.05, 4.69) is 33.1 Å². The zero-order valence-corrected chi connectivity index (χ0v) is 17.5. The molecule has 1 N–H and O–H groups in total. The van der Waals surface area contributed by atoms with Gasteiger partial charge in [0.15, 0.2) is 0 Å². The molecule has 26 heavy (non-hydrogen) atoms. The highest BCUT2D eigenvalue weighted by Gasteiger charge is 2.38. The lowest BCUT2D eigenvalue weighted by Gasteiger charge is -2.47. The monoisotopic (exact) mass is 425 g/mol. The Kier molecular flexibility index (Phi) is 6.55. The Morgan fingerprint density at radius 2 is 1.88 bits per heavy atom. The third-order valence-corrected chi connectivity index (χ3v) is 5.14. The number of anilines is 1. The first-order valence-corrected chi connectivity index (χ1v) is 9.62. The van der Waals surface area contributed by atoms with E-state index in [4.69, 9.17) is 4.74 Å². The number of nitrogens with one attached hydrogen (secondary N) is 1. The second kappa shape index (κ2) is 8.29. The van der Waals surface area contributed by atoms with Crippen molar-refractivity contribution in [2.45, 2.75) is 51.7 Å². The molecule has 6 nitrogen and oxygen atoms in total. The van der Waals surface area contributed by atoms with Crippen LogP contribution in [0.25, 0.3) is 0 Å². The molecular formula is C19H28BrN3O3. The van der Waals surface area contributed by atoms with Crippen LogP contribution in [0.5, 0.6) is 0 Å². The molecule has 1 heterocycles. The highest BCUT2D eigenvalue weighted by atomic mass is 79.9. The van der Waals surface area contributed by atoms with E-state index < -0.39 is 5.60 Å². The van der Waals surface area contributed by atoms with Crippen LogP contribution in [0.1, 0.15) is 40.5 Å². The van der Waals surface area contributed by atoms with E-state index in [1.54, 1.807) is 4.90 Å². The predicted octanol–water partition coefficient (Wildman–Crippen LogP) is 3.75. The number of amides is 2. The lowest BCUT2D eigenvalue weighted by molar-refractivity contribution is -0.109. The first-order chi connectivity index (χ1) is 12.1. The van der Waals surface area contributed by atoms with Gasteiger partial charge in [-0.05, 0) is 64.8 Å². The number of carbonyl (C=O) groups is 2. The molecule has 2 rings (SSSR count). The predicted molar refractivity (Wildman–Crippen MR) is 106 cm³/mol. The van der Waals surface area contributed by atoms with Crippen LogP contribution in [0.15, 0.2) is 28.7 Å². The van der Waals surface area contributed by atoms with E-state index in [0.717, 1.165) is 23.0 Å². The van der Waals surface area contributed by atoms with Crippen molar-refractivity contribution >= 4 is 34.1 Å². The number of hydrogen-bond acceptors (Lipinski definition) is 4. The van der Waals surface area contributed by atoms with Gasteiger partial charge in [-0.3, -0.25) is 4.79 Å². The summed E-state index contributed by atoms with van der Waals surface area (Å²) in [6, 6.07) is 8.04. The zero-order valence-electron chi connectivity index (χ0n) is 15.9. The largest absolute Gasteiger partial charge is 0.444 e. The molecule has 0 bridgehead atoms. The molecule has 0 aromatic heterocycles. The van der Waals surface area contributed by atoms with Gasteiger partial charge in [0.2, 0.25) is 6.41 Å². The van der Waals surface area contributed by atoms with Gasteiger partial charge in [0.25, 0.3) is 0 Å². The molecule has 0 atom stereocenters. The molecule has 1 fully saturated rings. The lowest BCUT2D eigenvalue weighted by Crippen LogP contribution is -2.57. The van der Waals surface area contributed by atoms with E-state index >= 15 is 0 Å². The van der Waals surface area contributed by atoms with Gasteiger partial charge in [-0.1, -0.05) is 15.9 Å². The molecule has 2 amide bonds. The Morgan fingerprint density at radius 1 is 1.31 bits per heavy atom. The molecule has 0 unspecified atom stereocenters. The quantitative estimate of drug-likeness (QED) is 0.576. The molecule has 0 spiro atoms. The fourth-order valence-corrected chi connectivity index (χ4v) is 3.38. The first-order valence-electron chi connectivity index (χ1n) is 8.83. The van der Waals surface area contributed by atoms with Crippen LogP contribution < -0.4 is 10.2 Å². The van der Waals surface area contributed by atoms with Gasteiger partial charge in [-0.25, -0.2) is 4.79 Å². The van der Waals surface area contributed by atoms with E-state index in [-0.39, 0.29) is 11.6 Å². The topological polar surface area (TPSA) is 61.9 Å². The number of benzene rings is 1. The minimum Gasteiger partial charge on any atom is -0.444 e. The maximum atomic E-state index is 12.3. The summed E-state index contributed by atoms with van der Waals surface area (Å²) in [7, 11) is 0. The summed E-state index contributed by atoms with van der Waals surface area (Å²) in [4.78, 5) is 27.1. The van der Waals surface area contributed by atoms with Crippen molar-refractivity contribution in [3.05, 3.63) is 28.7 Å². The minimum absolute atomic E-state index is 0.164. The van der Waals surface area contributed by atoms with E-state index in [1.807, 2.05) is 45.0 Å². The molecule has 1 aromatic carbocycles. The molecule has 144 valence electrons. The summed E-state index contributed by atoms with van der Waals surface area (Å²) >= 11 is 3.46. The van der Waals surface area contributed by atoms with Crippen molar-refractivity contribution in [3.63, 3.8) is 0 Å². The highest BCUT2D eigenvalue weighted by Crippen LogP contribution is 2.33. The van der Waals surface area contributed by atoms with Crippen LogP contribution in [-0.4, -0.2) is 48.3 Å². The number of rotatable bonds is 5. The summed E-state index contributed by atoms with van der Waals surface area (Å²) < 4.78 is 6.49. The van der Waals surface area contributed by atoms with Crippen LogP contribution in [-0.2, 0) is 9.53 Å². The normalized spacial score (nSPS) is 16.7. The summed E-state index contributed by atoms with van der Waals surface area (Å²) in [5, 5.41) is 2.78. The Hall–Kier alpha value is -1.76. The van der Waals surface area contributed by atoms with Crippen molar-refractivity contribution in [1.29, 1.82) is 0 Å². The minimum atomic E-state index is -0.491. The number of piperidine rings is 1. The van der Waals surface area contributed by atoms with Crippen molar-refractivity contribution in [1.82, 2.24) is 10.2 Å². The van der Waals surface area contributed by atoms with Gasteiger partial charge < -0.3 is 19.9 Å². The van der Waals surface area contributed by atoms with Crippen LogP contribution >= 0.6 is 15.9 Å².